The van der Waals surface area contributed by atoms with E-state index < -0.39 is 29.3 Å². The van der Waals surface area contributed by atoms with Gasteiger partial charge in [-0.1, -0.05) is 0 Å². The number of hydrogen-bond acceptors (Lipinski definition) is 2. The summed E-state index contributed by atoms with van der Waals surface area (Å²) in [6.07, 6.45) is -3.43. The summed E-state index contributed by atoms with van der Waals surface area (Å²) >= 11 is 0. The Morgan fingerprint density at radius 2 is 2.13 bits per heavy atom. The van der Waals surface area contributed by atoms with Crippen molar-refractivity contribution >= 4 is 5.97 Å². The molecule has 0 aliphatic carbocycles. The summed E-state index contributed by atoms with van der Waals surface area (Å²) in [5.41, 5.74) is -1.46. The molecule has 1 rings (SSSR count). The van der Waals surface area contributed by atoms with Gasteiger partial charge >= 0.3 is 12.1 Å². The van der Waals surface area contributed by atoms with Crippen molar-refractivity contribution in [3.05, 3.63) is 29.6 Å². The first kappa shape index (κ1) is 11.5. The molecule has 1 N–H and O–H groups in total. The van der Waals surface area contributed by atoms with E-state index in [-0.39, 0.29) is 0 Å². The SMILES string of the molecule is CC(C(=O)O)c1ncccc1C(F)(F)F. The molecule has 0 aliphatic rings. The van der Waals surface area contributed by atoms with Crippen molar-refractivity contribution in [3.8, 4) is 0 Å². The second-order valence-electron chi connectivity index (χ2n) is 2.99. The van der Waals surface area contributed by atoms with Gasteiger partial charge in [-0.2, -0.15) is 13.2 Å². The number of carboxylic acids is 1. The van der Waals surface area contributed by atoms with Crippen molar-refractivity contribution in [1.82, 2.24) is 4.98 Å². The maximum absolute atomic E-state index is 12.4. The molecule has 0 bridgehead atoms. The Balaban J connectivity index is 3.24. The zero-order chi connectivity index (χ0) is 11.6. The predicted octanol–water partition coefficient (Wildman–Crippen LogP) is 2.29. The quantitative estimate of drug-likeness (QED) is 0.830. The van der Waals surface area contributed by atoms with Crippen LogP contribution >= 0.6 is 0 Å². The second kappa shape index (κ2) is 3.88. The van der Waals surface area contributed by atoms with Crippen molar-refractivity contribution in [2.24, 2.45) is 0 Å². The minimum atomic E-state index is -4.58. The van der Waals surface area contributed by atoms with Crippen molar-refractivity contribution < 1.29 is 23.1 Å². The molecule has 82 valence electrons. The molecule has 0 fully saturated rings. The molecule has 1 unspecified atom stereocenters. The van der Waals surface area contributed by atoms with Gasteiger partial charge < -0.3 is 5.11 Å². The molecule has 0 amide bonds. The van der Waals surface area contributed by atoms with Crippen LogP contribution < -0.4 is 0 Å². The van der Waals surface area contributed by atoms with Crippen molar-refractivity contribution in [1.29, 1.82) is 0 Å². The third-order valence-electron chi connectivity index (χ3n) is 1.92. The van der Waals surface area contributed by atoms with Crippen molar-refractivity contribution in [3.63, 3.8) is 0 Å². The zero-order valence-electron chi connectivity index (χ0n) is 7.75. The van der Waals surface area contributed by atoms with Gasteiger partial charge in [0.1, 0.15) is 0 Å². The highest BCUT2D eigenvalue weighted by molar-refractivity contribution is 5.75. The van der Waals surface area contributed by atoms with E-state index in [2.05, 4.69) is 4.98 Å². The van der Waals surface area contributed by atoms with E-state index in [4.69, 9.17) is 5.11 Å². The van der Waals surface area contributed by atoms with E-state index in [0.29, 0.717) is 0 Å². The molecule has 0 spiro atoms. The van der Waals surface area contributed by atoms with Crippen LogP contribution in [0.15, 0.2) is 18.3 Å². The lowest BCUT2D eigenvalue weighted by atomic mass is 10.0. The van der Waals surface area contributed by atoms with Gasteiger partial charge in [0.25, 0.3) is 0 Å². The van der Waals surface area contributed by atoms with Crippen LogP contribution in [-0.2, 0) is 11.0 Å². The van der Waals surface area contributed by atoms with Gasteiger partial charge in [0.15, 0.2) is 0 Å². The van der Waals surface area contributed by atoms with Gasteiger partial charge in [0.05, 0.1) is 17.2 Å². The fraction of sp³-hybridized carbons (Fsp3) is 0.333. The Hall–Kier alpha value is -1.59. The smallest absolute Gasteiger partial charge is 0.418 e. The number of alkyl halides is 3. The molecule has 15 heavy (non-hydrogen) atoms. The fourth-order valence-corrected chi connectivity index (χ4v) is 1.12. The van der Waals surface area contributed by atoms with E-state index in [1.54, 1.807) is 0 Å². The lowest BCUT2D eigenvalue weighted by Crippen LogP contribution is -2.17. The summed E-state index contributed by atoms with van der Waals surface area (Å²) in [5.74, 6) is -2.61. The number of halogens is 3. The molecule has 1 atom stereocenters. The maximum Gasteiger partial charge on any atom is 0.418 e. The molecular formula is C9H8F3NO2. The lowest BCUT2D eigenvalue weighted by molar-refractivity contribution is -0.141. The lowest BCUT2D eigenvalue weighted by Gasteiger charge is -2.13. The minimum Gasteiger partial charge on any atom is -0.481 e. The average molecular weight is 219 g/mol. The van der Waals surface area contributed by atoms with Gasteiger partial charge in [-0.25, -0.2) is 0 Å². The Morgan fingerprint density at radius 1 is 1.53 bits per heavy atom. The molecular weight excluding hydrogens is 211 g/mol. The number of pyridine rings is 1. The number of carbonyl (C=O) groups is 1. The number of aromatic nitrogens is 1. The number of rotatable bonds is 2. The highest BCUT2D eigenvalue weighted by atomic mass is 19.4. The van der Waals surface area contributed by atoms with E-state index >= 15 is 0 Å². The van der Waals surface area contributed by atoms with Crippen LogP contribution in [-0.4, -0.2) is 16.1 Å². The van der Waals surface area contributed by atoms with Gasteiger partial charge in [-0.3, -0.25) is 9.78 Å². The van der Waals surface area contributed by atoms with E-state index in [1.807, 2.05) is 0 Å². The topological polar surface area (TPSA) is 50.2 Å². The van der Waals surface area contributed by atoms with Gasteiger partial charge in [0.2, 0.25) is 0 Å². The summed E-state index contributed by atoms with van der Waals surface area (Å²) < 4.78 is 37.3. The molecule has 0 aromatic carbocycles. The van der Waals surface area contributed by atoms with Crippen LogP contribution in [0.2, 0.25) is 0 Å². The van der Waals surface area contributed by atoms with Gasteiger partial charge in [0, 0.05) is 6.20 Å². The van der Waals surface area contributed by atoms with Gasteiger partial charge in [-0.15, -0.1) is 0 Å². The Kier molecular flexibility index (Phi) is 2.97. The molecule has 1 aromatic heterocycles. The fourth-order valence-electron chi connectivity index (χ4n) is 1.12. The highest BCUT2D eigenvalue weighted by Gasteiger charge is 2.36. The number of nitrogens with zero attached hydrogens (tertiary/aromatic N) is 1. The zero-order valence-corrected chi connectivity index (χ0v) is 7.75. The first-order valence-corrected chi connectivity index (χ1v) is 4.09. The molecule has 0 saturated carbocycles. The van der Waals surface area contributed by atoms with E-state index in [1.165, 1.54) is 6.92 Å². The van der Waals surface area contributed by atoms with Crippen LogP contribution in [0.1, 0.15) is 24.1 Å². The summed E-state index contributed by atoms with van der Waals surface area (Å²) in [6.45, 7) is 1.17. The third-order valence-corrected chi connectivity index (χ3v) is 1.92. The van der Waals surface area contributed by atoms with Crippen LogP contribution in [0.3, 0.4) is 0 Å². The normalized spacial score (nSPS) is 13.6. The Labute approximate surface area is 83.6 Å². The van der Waals surface area contributed by atoms with Crippen LogP contribution in [0.4, 0.5) is 13.2 Å². The first-order valence-electron chi connectivity index (χ1n) is 4.09. The minimum absolute atomic E-state index is 0.461. The van der Waals surface area contributed by atoms with Crippen LogP contribution in [0, 0.1) is 0 Å². The Morgan fingerprint density at radius 3 is 2.60 bits per heavy atom. The molecule has 0 radical (unpaired) electrons. The largest absolute Gasteiger partial charge is 0.481 e. The average Bonchev–Trinajstić information content (AvgIpc) is 2.15. The van der Waals surface area contributed by atoms with Crippen molar-refractivity contribution in [2.45, 2.75) is 19.0 Å². The molecule has 1 heterocycles. The monoisotopic (exact) mass is 219 g/mol. The van der Waals surface area contributed by atoms with E-state index in [0.717, 1.165) is 18.3 Å². The van der Waals surface area contributed by atoms with Gasteiger partial charge in [-0.05, 0) is 19.1 Å². The molecule has 0 aliphatic heterocycles. The van der Waals surface area contributed by atoms with Crippen molar-refractivity contribution in [2.75, 3.05) is 0 Å². The summed E-state index contributed by atoms with van der Waals surface area (Å²) in [4.78, 5) is 14.0. The van der Waals surface area contributed by atoms with E-state index in [9.17, 15) is 18.0 Å². The standard InChI is InChI=1S/C9H8F3NO2/c1-5(8(14)15)7-6(9(10,11)12)3-2-4-13-7/h2-5H,1H3,(H,14,15). The summed E-state index contributed by atoms with van der Waals surface area (Å²) in [5, 5.41) is 8.62. The van der Waals surface area contributed by atoms with Crippen LogP contribution in [0.25, 0.3) is 0 Å². The summed E-state index contributed by atoms with van der Waals surface area (Å²) in [6, 6.07) is 1.95. The maximum atomic E-state index is 12.4. The highest BCUT2D eigenvalue weighted by Crippen LogP contribution is 2.33. The number of carboxylic acid groups (broad SMARTS) is 1. The number of aliphatic carboxylic acids is 1. The molecule has 6 heteroatoms. The molecule has 3 nitrogen and oxygen atoms in total. The molecule has 0 saturated heterocycles. The first-order chi connectivity index (χ1) is 6.84. The Bertz CT molecular complexity index is 376. The second-order valence-corrected chi connectivity index (χ2v) is 2.99. The summed E-state index contributed by atoms with van der Waals surface area (Å²) in [7, 11) is 0. The predicted molar refractivity (Wildman–Crippen MR) is 45.3 cm³/mol. The number of hydrogen-bond donors (Lipinski definition) is 1. The molecule has 1 aromatic rings. The third kappa shape index (κ3) is 2.45. The van der Waals surface area contributed by atoms with Crippen LogP contribution in [0.5, 0.6) is 0 Å².